The molecule has 0 spiro atoms. The van der Waals surface area contributed by atoms with Crippen LogP contribution >= 0.6 is 11.3 Å². The maximum atomic E-state index is 13.2. The molecule has 210 valence electrons. The lowest BCUT2D eigenvalue weighted by Crippen LogP contribution is -2.48. The molecular weight excluding hydrogens is 542 g/mol. The second-order valence-electron chi connectivity index (χ2n) is 9.96. The van der Waals surface area contributed by atoms with Crippen LogP contribution in [0.2, 0.25) is 0 Å². The molecule has 1 saturated heterocycles. The maximum absolute atomic E-state index is 13.2. The molecular formula is C30H35N5O3S2. The highest BCUT2D eigenvalue weighted by Gasteiger charge is 2.24. The fourth-order valence-electron chi connectivity index (χ4n) is 4.93. The van der Waals surface area contributed by atoms with Crippen LogP contribution in [0, 0.1) is 13.8 Å². The van der Waals surface area contributed by atoms with Gasteiger partial charge in [0.15, 0.2) is 5.13 Å². The summed E-state index contributed by atoms with van der Waals surface area (Å²) < 4.78 is 29.0. The minimum absolute atomic E-state index is 0.158. The molecule has 3 aromatic carbocycles. The number of anilines is 2. The van der Waals surface area contributed by atoms with Gasteiger partial charge in [-0.1, -0.05) is 35.6 Å². The second kappa shape index (κ2) is 12.0. The highest BCUT2D eigenvalue weighted by molar-refractivity contribution is 7.92. The number of fused-ring (bicyclic) bond motifs is 1. The summed E-state index contributed by atoms with van der Waals surface area (Å²) in [6, 6.07) is 19.5. The van der Waals surface area contributed by atoms with Gasteiger partial charge < -0.3 is 10.2 Å². The molecule has 2 heterocycles. The van der Waals surface area contributed by atoms with E-state index in [4.69, 9.17) is 4.98 Å². The molecule has 0 saturated carbocycles. The third-order valence-electron chi connectivity index (χ3n) is 7.47. The zero-order valence-electron chi connectivity index (χ0n) is 23.1. The van der Waals surface area contributed by atoms with Gasteiger partial charge in [-0.25, -0.2) is 13.4 Å². The SMILES string of the molecule is CCN(c1ccccc1)S(=O)(=O)c1ccc(C(=O)NCCN2CCN(c3nc4c(C)c(C)ccc4s3)CC2)cc1. The third kappa shape index (κ3) is 5.84. The Morgan fingerprint density at radius 1 is 0.975 bits per heavy atom. The van der Waals surface area contributed by atoms with Gasteiger partial charge in [0.25, 0.3) is 15.9 Å². The number of amides is 1. The van der Waals surface area contributed by atoms with Crippen molar-refractivity contribution in [1.29, 1.82) is 0 Å². The van der Waals surface area contributed by atoms with Gasteiger partial charge in [-0.05, 0) is 74.4 Å². The molecule has 1 aromatic heterocycles. The summed E-state index contributed by atoms with van der Waals surface area (Å²) in [5, 5.41) is 4.05. The van der Waals surface area contributed by atoms with E-state index in [0.29, 0.717) is 24.3 Å². The quantitative estimate of drug-likeness (QED) is 0.311. The molecule has 0 unspecified atom stereocenters. The van der Waals surface area contributed by atoms with Gasteiger partial charge in [-0.15, -0.1) is 0 Å². The fourth-order valence-corrected chi connectivity index (χ4v) is 7.48. The molecule has 1 fully saturated rings. The Hall–Kier alpha value is -3.47. The number of sulfonamides is 1. The number of hydrogen-bond donors (Lipinski definition) is 1. The Morgan fingerprint density at radius 2 is 1.68 bits per heavy atom. The number of nitrogens with one attached hydrogen (secondary N) is 1. The number of benzene rings is 3. The van der Waals surface area contributed by atoms with Crippen LogP contribution in [0.1, 0.15) is 28.4 Å². The van der Waals surface area contributed by atoms with Gasteiger partial charge >= 0.3 is 0 Å². The average molecular weight is 578 g/mol. The largest absolute Gasteiger partial charge is 0.351 e. The van der Waals surface area contributed by atoms with E-state index in [-0.39, 0.29) is 10.8 Å². The number of nitrogens with zero attached hydrogens (tertiary/aromatic N) is 4. The van der Waals surface area contributed by atoms with Crippen molar-refractivity contribution in [2.45, 2.75) is 25.7 Å². The Labute approximate surface area is 240 Å². The number of aryl methyl sites for hydroxylation is 2. The summed E-state index contributed by atoms with van der Waals surface area (Å²) in [6.45, 7) is 11.3. The van der Waals surface area contributed by atoms with Crippen molar-refractivity contribution in [1.82, 2.24) is 15.2 Å². The summed E-state index contributed by atoms with van der Waals surface area (Å²) in [6.07, 6.45) is 0. The molecule has 0 atom stereocenters. The van der Waals surface area contributed by atoms with Crippen molar-refractivity contribution in [3.8, 4) is 0 Å². The van der Waals surface area contributed by atoms with Gasteiger partial charge in [0.2, 0.25) is 0 Å². The normalized spacial score (nSPS) is 14.4. The van der Waals surface area contributed by atoms with E-state index in [1.807, 2.05) is 18.2 Å². The molecule has 0 radical (unpaired) electrons. The summed E-state index contributed by atoms with van der Waals surface area (Å²) in [5.41, 5.74) is 4.67. The first-order valence-corrected chi connectivity index (χ1v) is 15.8. The molecule has 0 aliphatic carbocycles. The first kappa shape index (κ1) is 28.1. The molecule has 1 aliphatic rings. The van der Waals surface area contributed by atoms with Crippen molar-refractivity contribution in [3.05, 3.63) is 83.4 Å². The summed E-state index contributed by atoms with van der Waals surface area (Å²) >= 11 is 1.75. The Bertz CT molecular complexity index is 1580. The molecule has 1 N–H and O–H groups in total. The van der Waals surface area contributed by atoms with Crippen LogP contribution in [-0.4, -0.2) is 70.0 Å². The number of piperazine rings is 1. The monoisotopic (exact) mass is 577 g/mol. The van der Waals surface area contributed by atoms with Gasteiger partial charge in [0.05, 0.1) is 20.8 Å². The number of carbonyl (C=O) groups excluding carboxylic acids is 1. The standard InChI is InChI=1S/C30H35N5O3S2/c1-4-35(25-8-6-5-7-9-25)40(37,38)26-13-11-24(12-14-26)29(36)31-16-17-33-18-20-34(21-19-33)30-32-28-23(3)22(2)10-15-27(28)39-30/h5-15H,4,16-21H2,1-3H3,(H,31,36). The zero-order chi connectivity index (χ0) is 28.3. The molecule has 5 rings (SSSR count). The Kier molecular flexibility index (Phi) is 8.39. The number of thiazole rings is 1. The van der Waals surface area contributed by atoms with Crippen molar-refractivity contribution < 1.29 is 13.2 Å². The van der Waals surface area contributed by atoms with E-state index in [1.165, 1.54) is 32.3 Å². The minimum Gasteiger partial charge on any atom is -0.351 e. The van der Waals surface area contributed by atoms with E-state index in [2.05, 4.69) is 41.1 Å². The predicted octanol–water partition coefficient (Wildman–Crippen LogP) is 4.68. The lowest BCUT2D eigenvalue weighted by atomic mass is 10.1. The molecule has 1 amide bonds. The van der Waals surface area contributed by atoms with Crippen LogP contribution in [0.4, 0.5) is 10.8 Å². The number of rotatable bonds is 9. The minimum atomic E-state index is -3.73. The van der Waals surface area contributed by atoms with E-state index < -0.39 is 10.0 Å². The lowest BCUT2D eigenvalue weighted by Gasteiger charge is -2.34. The summed E-state index contributed by atoms with van der Waals surface area (Å²) in [5.74, 6) is -0.210. The number of carbonyl (C=O) groups is 1. The molecule has 0 bridgehead atoms. The molecule has 40 heavy (non-hydrogen) atoms. The number of para-hydroxylation sites is 1. The highest BCUT2D eigenvalue weighted by Crippen LogP contribution is 2.32. The van der Waals surface area contributed by atoms with Crippen LogP contribution in [0.5, 0.6) is 0 Å². The number of aromatic nitrogens is 1. The van der Waals surface area contributed by atoms with E-state index in [1.54, 1.807) is 42.5 Å². The number of hydrogen-bond acceptors (Lipinski definition) is 7. The second-order valence-corrected chi connectivity index (χ2v) is 12.8. The fraction of sp³-hybridized carbons (Fsp3) is 0.333. The predicted molar refractivity (Wildman–Crippen MR) is 163 cm³/mol. The first-order chi connectivity index (χ1) is 19.3. The van der Waals surface area contributed by atoms with E-state index in [9.17, 15) is 13.2 Å². The van der Waals surface area contributed by atoms with Crippen LogP contribution in [-0.2, 0) is 10.0 Å². The maximum Gasteiger partial charge on any atom is 0.264 e. The Morgan fingerprint density at radius 3 is 2.35 bits per heavy atom. The molecule has 1 aliphatic heterocycles. The Balaban J connectivity index is 1.11. The van der Waals surface area contributed by atoms with Crippen molar-refractivity contribution >= 4 is 48.3 Å². The lowest BCUT2D eigenvalue weighted by molar-refractivity contribution is 0.0947. The van der Waals surface area contributed by atoms with Crippen molar-refractivity contribution in [3.63, 3.8) is 0 Å². The average Bonchev–Trinajstić information content (AvgIpc) is 3.41. The zero-order valence-corrected chi connectivity index (χ0v) is 24.8. The molecule has 10 heteroatoms. The summed E-state index contributed by atoms with van der Waals surface area (Å²) in [7, 11) is -3.73. The van der Waals surface area contributed by atoms with E-state index in [0.717, 1.165) is 43.4 Å². The summed E-state index contributed by atoms with van der Waals surface area (Å²) in [4.78, 5) is 22.5. The van der Waals surface area contributed by atoms with Crippen LogP contribution in [0.3, 0.4) is 0 Å². The van der Waals surface area contributed by atoms with Crippen LogP contribution < -0.4 is 14.5 Å². The first-order valence-electron chi connectivity index (χ1n) is 13.6. The van der Waals surface area contributed by atoms with Gasteiger partial charge in [-0.2, -0.15) is 0 Å². The third-order valence-corrected chi connectivity index (χ3v) is 10.5. The smallest absolute Gasteiger partial charge is 0.264 e. The van der Waals surface area contributed by atoms with E-state index >= 15 is 0 Å². The van der Waals surface area contributed by atoms with Crippen LogP contribution in [0.15, 0.2) is 71.6 Å². The highest BCUT2D eigenvalue weighted by atomic mass is 32.2. The van der Waals surface area contributed by atoms with Gasteiger partial charge in [0, 0.05) is 51.4 Å². The van der Waals surface area contributed by atoms with Crippen molar-refractivity contribution in [2.75, 3.05) is 55.0 Å². The molecule has 4 aromatic rings. The van der Waals surface area contributed by atoms with Crippen LogP contribution in [0.25, 0.3) is 10.2 Å². The molecule has 8 nitrogen and oxygen atoms in total. The van der Waals surface area contributed by atoms with Gasteiger partial charge in [0.1, 0.15) is 0 Å². The topological polar surface area (TPSA) is 85.8 Å². The van der Waals surface area contributed by atoms with Gasteiger partial charge in [-0.3, -0.25) is 14.0 Å². The van der Waals surface area contributed by atoms with Crippen molar-refractivity contribution in [2.24, 2.45) is 0 Å².